The molecule has 0 saturated carbocycles. The molecule has 0 radical (unpaired) electrons. The van der Waals surface area contributed by atoms with Crippen molar-refractivity contribution in [3.8, 4) is 5.75 Å². The van der Waals surface area contributed by atoms with Crippen LogP contribution in [0.3, 0.4) is 0 Å². The van der Waals surface area contributed by atoms with Gasteiger partial charge >= 0.3 is 0 Å². The smallest absolute Gasteiger partial charge is 0.267 e. The van der Waals surface area contributed by atoms with Crippen LogP contribution < -0.4 is 15.0 Å². The number of halogens is 5. The molecule has 33 heavy (non-hydrogen) atoms. The molecule has 1 N–H and O–H groups in total. The molecule has 0 spiro atoms. The van der Waals surface area contributed by atoms with Gasteiger partial charge in [0.25, 0.3) is 17.7 Å². The maximum Gasteiger partial charge on any atom is 0.267 e. The van der Waals surface area contributed by atoms with E-state index in [1.807, 2.05) is 0 Å². The standard InChI is InChI=1S/C22H11Cl5N2O4/c1-33-13-7-4-10(23)8-12(13)28-20(30)9-2-5-11(6-3-9)29-21(31)14-15(22(29)32)17(25)19(27)18(26)16(14)24/h2-8H,1H3,(H,28,30). The number of nitrogens with zero attached hydrogens (tertiary/aromatic N) is 1. The predicted octanol–water partition coefficient (Wildman–Crippen LogP) is 7.02. The van der Waals surface area contributed by atoms with E-state index >= 15 is 0 Å². The molecule has 3 aromatic carbocycles. The summed E-state index contributed by atoms with van der Waals surface area (Å²) in [5.74, 6) is -1.43. The van der Waals surface area contributed by atoms with E-state index in [4.69, 9.17) is 62.7 Å². The van der Waals surface area contributed by atoms with Gasteiger partial charge in [-0.3, -0.25) is 14.4 Å². The van der Waals surface area contributed by atoms with Crippen molar-refractivity contribution in [3.05, 3.63) is 84.3 Å². The summed E-state index contributed by atoms with van der Waals surface area (Å²) in [5, 5.41) is 2.58. The largest absolute Gasteiger partial charge is 0.495 e. The van der Waals surface area contributed by atoms with Crippen LogP contribution >= 0.6 is 58.0 Å². The van der Waals surface area contributed by atoms with Gasteiger partial charge in [-0.05, 0) is 42.5 Å². The average Bonchev–Trinajstić information content (AvgIpc) is 3.06. The molecule has 0 unspecified atom stereocenters. The van der Waals surface area contributed by atoms with Crippen LogP contribution in [0.15, 0.2) is 42.5 Å². The molecule has 0 saturated heterocycles. The summed E-state index contributed by atoms with van der Waals surface area (Å²) in [6, 6.07) is 10.6. The fourth-order valence-electron chi connectivity index (χ4n) is 3.32. The second kappa shape index (κ2) is 9.05. The number of rotatable bonds is 4. The summed E-state index contributed by atoms with van der Waals surface area (Å²) >= 11 is 30.4. The fourth-order valence-corrected chi connectivity index (χ4v) is 4.50. The highest BCUT2D eigenvalue weighted by Gasteiger charge is 2.42. The summed E-state index contributed by atoms with van der Waals surface area (Å²) in [5.41, 5.74) is 0.598. The number of nitrogens with one attached hydrogen (secondary N) is 1. The maximum absolute atomic E-state index is 13.0. The monoisotopic (exact) mass is 542 g/mol. The molecule has 0 aliphatic carbocycles. The number of amides is 3. The highest BCUT2D eigenvalue weighted by atomic mass is 35.5. The first-order chi connectivity index (χ1) is 15.6. The summed E-state index contributed by atoms with van der Waals surface area (Å²) in [6.07, 6.45) is 0. The van der Waals surface area contributed by atoms with Crippen molar-refractivity contribution in [2.75, 3.05) is 17.3 Å². The lowest BCUT2D eigenvalue weighted by Crippen LogP contribution is -2.29. The molecule has 11 heteroatoms. The Morgan fingerprint density at radius 1 is 0.818 bits per heavy atom. The minimum absolute atomic E-state index is 0.117. The van der Waals surface area contributed by atoms with Crippen molar-refractivity contribution in [3.63, 3.8) is 0 Å². The summed E-state index contributed by atoms with van der Waals surface area (Å²) in [6.45, 7) is 0. The average molecular weight is 545 g/mol. The third-order valence-corrected chi connectivity index (χ3v) is 6.94. The van der Waals surface area contributed by atoms with Crippen molar-refractivity contribution < 1.29 is 19.1 Å². The number of hydrogen-bond acceptors (Lipinski definition) is 4. The van der Waals surface area contributed by atoms with Crippen LogP contribution in [0.4, 0.5) is 11.4 Å². The Morgan fingerprint density at radius 2 is 1.36 bits per heavy atom. The van der Waals surface area contributed by atoms with E-state index < -0.39 is 17.7 Å². The Hall–Kier alpha value is -2.48. The van der Waals surface area contributed by atoms with Crippen LogP contribution in [0, 0.1) is 0 Å². The molecule has 1 aliphatic rings. The van der Waals surface area contributed by atoms with E-state index in [0.717, 1.165) is 4.90 Å². The molecule has 0 bridgehead atoms. The third kappa shape index (κ3) is 4.03. The Labute approximate surface area is 212 Å². The minimum Gasteiger partial charge on any atom is -0.495 e. The van der Waals surface area contributed by atoms with Gasteiger partial charge in [0.15, 0.2) is 0 Å². The van der Waals surface area contributed by atoms with Crippen molar-refractivity contribution >= 4 is 87.1 Å². The third-order valence-electron chi connectivity index (χ3n) is 4.90. The van der Waals surface area contributed by atoms with E-state index in [0.29, 0.717) is 16.5 Å². The Bertz CT molecular complexity index is 1290. The van der Waals surface area contributed by atoms with Crippen LogP contribution in [-0.4, -0.2) is 24.8 Å². The highest BCUT2D eigenvalue weighted by Crippen LogP contribution is 2.45. The van der Waals surface area contributed by atoms with Crippen LogP contribution in [0.2, 0.25) is 25.1 Å². The number of anilines is 2. The molecule has 0 atom stereocenters. The number of hydrogen-bond donors (Lipinski definition) is 1. The van der Waals surface area contributed by atoms with Gasteiger partial charge in [-0.2, -0.15) is 0 Å². The summed E-state index contributed by atoms with van der Waals surface area (Å²) in [4.78, 5) is 39.5. The number of imide groups is 1. The SMILES string of the molecule is COc1ccc(Cl)cc1NC(=O)c1ccc(N2C(=O)c3c(Cl)c(Cl)c(Cl)c(Cl)c3C2=O)cc1. The Balaban J connectivity index is 1.63. The van der Waals surface area contributed by atoms with Crippen molar-refractivity contribution in [1.29, 1.82) is 0 Å². The molecule has 168 valence electrons. The van der Waals surface area contributed by atoms with E-state index in [9.17, 15) is 14.4 Å². The predicted molar refractivity (Wildman–Crippen MR) is 130 cm³/mol. The molecule has 1 aliphatic heterocycles. The maximum atomic E-state index is 13.0. The second-order valence-corrected chi connectivity index (χ2v) is 8.75. The quantitative estimate of drug-likeness (QED) is 0.218. The van der Waals surface area contributed by atoms with E-state index in [1.54, 1.807) is 18.2 Å². The van der Waals surface area contributed by atoms with Gasteiger partial charge < -0.3 is 10.1 Å². The van der Waals surface area contributed by atoms with Gasteiger partial charge in [0.05, 0.1) is 49.7 Å². The molecule has 4 rings (SSSR count). The first-order valence-electron chi connectivity index (χ1n) is 9.15. The summed E-state index contributed by atoms with van der Waals surface area (Å²) < 4.78 is 5.22. The normalized spacial score (nSPS) is 12.7. The second-order valence-electron chi connectivity index (χ2n) is 6.80. The van der Waals surface area contributed by atoms with Gasteiger partial charge in [0, 0.05) is 10.6 Å². The zero-order valence-electron chi connectivity index (χ0n) is 16.5. The van der Waals surface area contributed by atoms with Crippen molar-refractivity contribution in [2.45, 2.75) is 0 Å². The molecular weight excluding hydrogens is 534 g/mol. The van der Waals surface area contributed by atoms with Gasteiger partial charge in [-0.25, -0.2) is 4.90 Å². The van der Waals surface area contributed by atoms with Gasteiger partial charge in [-0.1, -0.05) is 58.0 Å². The molecule has 0 aromatic heterocycles. The highest BCUT2D eigenvalue weighted by molar-refractivity contribution is 6.56. The number of fused-ring (bicyclic) bond motifs is 1. The van der Waals surface area contributed by atoms with Crippen LogP contribution in [0.1, 0.15) is 31.1 Å². The van der Waals surface area contributed by atoms with E-state index in [1.165, 1.54) is 31.4 Å². The first-order valence-corrected chi connectivity index (χ1v) is 11.0. The van der Waals surface area contributed by atoms with Crippen LogP contribution in [0.25, 0.3) is 0 Å². The molecule has 6 nitrogen and oxygen atoms in total. The lowest BCUT2D eigenvalue weighted by molar-refractivity contribution is 0.0925. The van der Waals surface area contributed by atoms with Crippen LogP contribution in [0.5, 0.6) is 5.75 Å². The Kier molecular flexibility index (Phi) is 6.49. The number of carbonyl (C=O) groups excluding carboxylic acids is 3. The van der Waals surface area contributed by atoms with E-state index in [-0.39, 0.29) is 42.5 Å². The Morgan fingerprint density at radius 3 is 1.88 bits per heavy atom. The van der Waals surface area contributed by atoms with Gasteiger partial charge in [0.1, 0.15) is 5.75 Å². The minimum atomic E-state index is -0.707. The number of carbonyl (C=O) groups is 3. The van der Waals surface area contributed by atoms with E-state index in [2.05, 4.69) is 5.32 Å². The zero-order valence-corrected chi connectivity index (χ0v) is 20.3. The number of ether oxygens (including phenoxy) is 1. The molecule has 3 amide bonds. The molecule has 1 heterocycles. The molecule has 3 aromatic rings. The molecular formula is C22H11Cl5N2O4. The van der Waals surface area contributed by atoms with Crippen LogP contribution in [-0.2, 0) is 0 Å². The fraction of sp³-hybridized carbons (Fsp3) is 0.0455. The topological polar surface area (TPSA) is 75.7 Å². The van der Waals surface area contributed by atoms with Crippen molar-refractivity contribution in [1.82, 2.24) is 0 Å². The number of benzene rings is 3. The van der Waals surface area contributed by atoms with Gasteiger partial charge in [-0.15, -0.1) is 0 Å². The number of methoxy groups -OCH3 is 1. The zero-order chi connectivity index (χ0) is 24.0. The van der Waals surface area contributed by atoms with Gasteiger partial charge in [0.2, 0.25) is 0 Å². The molecule has 0 fully saturated rings. The lowest BCUT2D eigenvalue weighted by atomic mass is 10.1. The summed E-state index contributed by atoms with van der Waals surface area (Å²) in [7, 11) is 1.47. The van der Waals surface area contributed by atoms with Crippen molar-refractivity contribution in [2.24, 2.45) is 0 Å². The lowest BCUT2D eigenvalue weighted by Gasteiger charge is -2.15. The first kappa shape index (κ1) is 23.7.